The van der Waals surface area contributed by atoms with Crippen molar-refractivity contribution in [2.75, 3.05) is 13.1 Å². The average Bonchev–Trinajstić information content (AvgIpc) is 2.93. The fourth-order valence-corrected chi connectivity index (χ4v) is 2.80. The van der Waals surface area contributed by atoms with Crippen LogP contribution in [0.2, 0.25) is 0 Å². The Balaban J connectivity index is 0.000000381. The molecule has 0 aromatic rings. The molecule has 10 heteroatoms. The summed E-state index contributed by atoms with van der Waals surface area (Å²) in [6.45, 7) is 1.27. The van der Waals surface area contributed by atoms with Crippen molar-refractivity contribution in [3.05, 3.63) is 0 Å². The molecule has 0 aromatic heterocycles. The maximum absolute atomic E-state index is 11.7. The molecule has 25 heavy (non-hydrogen) atoms. The summed E-state index contributed by atoms with van der Waals surface area (Å²) in [5, 5.41) is 19.3. The van der Waals surface area contributed by atoms with Gasteiger partial charge in [0, 0.05) is 32.0 Å². The molecule has 1 saturated carbocycles. The van der Waals surface area contributed by atoms with Crippen LogP contribution in [0.25, 0.3) is 0 Å². The molecule has 1 aliphatic heterocycles. The lowest BCUT2D eigenvalue weighted by Gasteiger charge is -2.24. The highest BCUT2D eigenvalue weighted by molar-refractivity contribution is 5.93. The van der Waals surface area contributed by atoms with E-state index in [1.54, 1.807) is 0 Å². The summed E-state index contributed by atoms with van der Waals surface area (Å²) in [6.07, 6.45) is 2.28. The number of hydrazine groups is 1. The Labute approximate surface area is 143 Å². The molecule has 1 atom stereocenters. The monoisotopic (exact) mass is 364 g/mol. The Morgan fingerprint density at radius 2 is 1.96 bits per heavy atom. The largest absolute Gasteiger partial charge is 0.490 e. The molecule has 7 nitrogen and oxygen atoms in total. The van der Waals surface area contributed by atoms with E-state index in [0.29, 0.717) is 32.0 Å². The predicted octanol–water partition coefficient (Wildman–Crippen LogP) is 1.26. The molecular weight excluding hydrogens is 341 g/mol. The first-order chi connectivity index (χ1) is 11.7. The van der Waals surface area contributed by atoms with Crippen molar-refractivity contribution in [3.8, 4) is 6.07 Å². The fraction of sp³-hybridized carbons (Fsp3) is 0.800. The third kappa shape index (κ3) is 6.97. The first-order valence-corrected chi connectivity index (χ1v) is 8.19. The Morgan fingerprint density at radius 1 is 1.36 bits per heavy atom. The van der Waals surface area contributed by atoms with Crippen LogP contribution in [-0.4, -0.2) is 47.7 Å². The average molecular weight is 364 g/mol. The van der Waals surface area contributed by atoms with Crippen LogP contribution in [0.15, 0.2) is 0 Å². The second-order valence-corrected chi connectivity index (χ2v) is 6.08. The van der Waals surface area contributed by atoms with Crippen molar-refractivity contribution < 1.29 is 27.9 Å². The maximum atomic E-state index is 11.7. The summed E-state index contributed by atoms with van der Waals surface area (Å²) in [7, 11) is 0. The van der Waals surface area contributed by atoms with Crippen LogP contribution in [0, 0.1) is 11.3 Å². The number of carbonyl (C=O) groups is 2. The van der Waals surface area contributed by atoms with E-state index in [1.807, 2.05) is 0 Å². The zero-order chi connectivity index (χ0) is 18.9. The van der Waals surface area contributed by atoms with Gasteiger partial charge in [-0.05, 0) is 12.8 Å². The highest BCUT2D eigenvalue weighted by Gasteiger charge is 2.41. The van der Waals surface area contributed by atoms with Crippen molar-refractivity contribution >= 4 is 11.8 Å². The second-order valence-electron chi connectivity index (χ2n) is 6.08. The number of aliphatic carboxylic acids is 1. The van der Waals surface area contributed by atoms with Gasteiger partial charge in [-0.25, -0.2) is 4.79 Å². The van der Waals surface area contributed by atoms with E-state index in [-0.39, 0.29) is 5.78 Å². The highest BCUT2D eigenvalue weighted by atomic mass is 19.4. The number of alkyl halides is 3. The molecule has 2 fully saturated rings. The molecule has 4 N–H and O–H groups in total. The number of nitriles is 1. The molecular formula is C15H23F3N4O3. The normalized spacial score (nSPS) is 24.3. The molecule has 1 unspecified atom stereocenters. The number of hydrogen-bond donors (Lipinski definition) is 4. The van der Waals surface area contributed by atoms with E-state index in [9.17, 15) is 18.0 Å². The summed E-state index contributed by atoms with van der Waals surface area (Å²) in [6, 6.07) is 2.68. The van der Waals surface area contributed by atoms with E-state index >= 15 is 0 Å². The number of rotatable bonds is 5. The minimum atomic E-state index is -5.08. The van der Waals surface area contributed by atoms with Crippen molar-refractivity contribution in [2.24, 2.45) is 0 Å². The van der Waals surface area contributed by atoms with Gasteiger partial charge in [0.05, 0.1) is 6.07 Å². The minimum absolute atomic E-state index is 0.0319. The highest BCUT2D eigenvalue weighted by Crippen LogP contribution is 2.19. The lowest BCUT2D eigenvalue weighted by Crippen LogP contribution is -2.49. The molecule has 2 aliphatic rings. The van der Waals surface area contributed by atoms with Crippen molar-refractivity contribution in [2.45, 2.75) is 62.7 Å². The number of ketones is 1. The molecule has 1 aliphatic carbocycles. The van der Waals surface area contributed by atoms with E-state index in [2.05, 4.69) is 22.2 Å². The van der Waals surface area contributed by atoms with Gasteiger partial charge in [0.15, 0.2) is 11.3 Å². The van der Waals surface area contributed by atoms with Gasteiger partial charge in [-0.3, -0.25) is 21.0 Å². The fourth-order valence-electron chi connectivity index (χ4n) is 2.80. The quantitative estimate of drug-likeness (QED) is 0.429. The van der Waals surface area contributed by atoms with Crippen molar-refractivity contribution in [3.63, 3.8) is 0 Å². The minimum Gasteiger partial charge on any atom is -0.475 e. The zero-order valence-corrected chi connectivity index (χ0v) is 13.8. The number of carbonyl (C=O) groups excluding carboxylic acids is 1. The summed E-state index contributed by atoms with van der Waals surface area (Å²) in [5.41, 5.74) is 5.53. The van der Waals surface area contributed by atoms with Gasteiger partial charge in [-0.2, -0.15) is 18.4 Å². The van der Waals surface area contributed by atoms with Gasteiger partial charge in [-0.1, -0.05) is 19.3 Å². The number of halogens is 3. The molecule has 0 aromatic carbocycles. The van der Waals surface area contributed by atoms with Crippen LogP contribution in [0.4, 0.5) is 13.2 Å². The van der Waals surface area contributed by atoms with Crippen LogP contribution in [0.5, 0.6) is 0 Å². The topological polar surface area (TPSA) is 114 Å². The summed E-state index contributed by atoms with van der Waals surface area (Å²) < 4.78 is 31.7. The predicted molar refractivity (Wildman–Crippen MR) is 82.3 cm³/mol. The van der Waals surface area contributed by atoms with Gasteiger partial charge in [0.1, 0.15) is 0 Å². The summed E-state index contributed by atoms with van der Waals surface area (Å²) in [5.74, 6) is -2.73. The first kappa shape index (κ1) is 21.3. The van der Waals surface area contributed by atoms with Crippen LogP contribution < -0.4 is 16.2 Å². The molecule has 1 heterocycles. The van der Waals surface area contributed by atoms with E-state index in [0.717, 1.165) is 0 Å². The number of nitrogens with one attached hydrogen (secondary N) is 3. The second kappa shape index (κ2) is 9.70. The molecule has 0 spiro atoms. The lowest BCUT2D eigenvalue weighted by atomic mass is 9.94. The van der Waals surface area contributed by atoms with Crippen molar-refractivity contribution in [1.82, 2.24) is 16.2 Å². The number of nitrogens with zero attached hydrogens (tertiary/aromatic N) is 1. The Morgan fingerprint density at radius 3 is 2.40 bits per heavy atom. The molecule has 0 amide bonds. The number of carboxylic acids is 1. The van der Waals surface area contributed by atoms with Gasteiger partial charge in [0.2, 0.25) is 0 Å². The van der Waals surface area contributed by atoms with Crippen molar-refractivity contribution in [1.29, 1.82) is 5.26 Å². The standard InChI is InChI=1S/C13H22N4O.C2HF3O2/c14-10-13(12(18)6-8-15-13)7-9-16-17-11-4-2-1-3-5-11;3-2(4,5)1(6)7/h11,15-17H,1-9H2;(H,6,7). The van der Waals surface area contributed by atoms with Gasteiger partial charge in [-0.15, -0.1) is 0 Å². The summed E-state index contributed by atoms with van der Waals surface area (Å²) >= 11 is 0. The van der Waals surface area contributed by atoms with Gasteiger partial charge < -0.3 is 5.11 Å². The molecule has 0 bridgehead atoms. The van der Waals surface area contributed by atoms with Crippen LogP contribution in [0.3, 0.4) is 0 Å². The third-order valence-electron chi connectivity index (χ3n) is 4.22. The zero-order valence-electron chi connectivity index (χ0n) is 13.8. The molecule has 1 saturated heterocycles. The van der Waals surface area contributed by atoms with Gasteiger partial charge >= 0.3 is 12.1 Å². The number of Topliss-reactive ketones (excluding diaryl/α,β-unsaturated/α-hetero) is 1. The maximum Gasteiger partial charge on any atom is 0.490 e. The van der Waals surface area contributed by atoms with E-state index in [1.165, 1.54) is 32.1 Å². The Hall–Kier alpha value is -1.70. The number of carboxylic acid groups (broad SMARTS) is 1. The first-order valence-electron chi connectivity index (χ1n) is 8.19. The molecule has 2 rings (SSSR count). The summed E-state index contributed by atoms with van der Waals surface area (Å²) in [4.78, 5) is 20.6. The number of hydrogen-bond acceptors (Lipinski definition) is 6. The SMILES string of the molecule is N#CC1(CCNNC2CCCCC2)NCCC1=O.O=C(O)C(F)(F)F. The van der Waals surface area contributed by atoms with Crippen LogP contribution in [0.1, 0.15) is 44.9 Å². The smallest absolute Gasteiger partial charge is 0.475 e. The van der Waals surface area contributed by atoms with Crippen LogP contribution >= 0.6 is 0 Å². The van der Waals surface area contributed by atoms with E-state index < -0.39 is 17.7 Å². The Kier molecular flexibility index (Phi) is 8.28. The molecule has 142 valence electrons. The third-order valence-corrected chi connectivity index (χ3v) is 4.22. The van der Waals surface area contributed by atoms with Gasteiger partial charge in [0.25, 0.3) is 0 Å². The van der Waals surface area contributed by atoms with E-state index in [4.69, 9.17) is 15.2 Å². The Bertz CT molecular complexity index is 501. The lowest BCUT2D eigenvalue weighted by molar-refractivity contribution is -0.192. The van der Waals surface area contributed by atoms with Crippen LogP contribution in [-0.2, 0) is 9.59 Å². The molecule has 0 radical (unpaired) electrons.